The van der Waals surface area contributed by atoms with Gasteiger partial charge in [0.15, 0.2) is 0 Å². The molecule has 0 heterocycles. The highest BCUT2D eigenvalue weighted by Crippen LogP contribution is 2.18. The molecule has 0 unspecified atom stereocenters. The van der Waals surface area contributed by atoms with Gasteiger partial charge in [-0.3, -0.25) is 0 Å². The second-order valence-electron chi connectivity index (χ2n) is 4.33. The molecule has 2 aromatic carbocycles. The number of halogens is 2. The van der Waals surface area contributed by atoms with Crippen molar-refractivity contribution in [2.75, 3.05) is 0 Å². The molecule has 20 heavy (non-hydrogen) atoms. The van der Waals surface area contributed by atoms with E-state index in [9.17, 15) is 8.78 Å². The van der Waals surface area contributed by atoms with Crippen LogP contribution in [-0.4, -0.2) is 6.21 Å². The van der Waals surface area contributed by atoms with Gasteiger partial charge in [0.1, 0.15) is 12.8 Å². The van der Waals surface area contributed by atoms with Crippen molar-refractivity contribution in [2.24, 2.45) is 5.16 Å². The number of hydrogen-bond acceptors (Lipinski definition) is 2. The zero-order chi connectivity index (χ0) is 14.4. The van der Waals surface area contributed by atoms with Crippen molar-refractivity contribution in [3.63, 3.8) is 0 Å². The molecule has 2 rings (SSSR count). The van der Waals surface area contributed by atoms with Gasteiger partial charge in [-0.2, -0.15) is 0 Å². The first kappa shape index (κ1) is 14.2. The van der Waals surface area contributed by atoms with Crippen LogP contribution in [0.5, 0.6) is 0 Å². The van der Waals surface area contributed by atoms with Crippen LogP contribution >= 0.6 is 0 Å². The Kier molecular flexibility index (Phi) is 4.82. The predicted octanol–water partition coefficient (Wildman–Crippen LogP) is 4.36. The molecule has 0 spiro atoms. The molecular weight excluding hydrogens is 260 g/mol. The third kappa shape index (κ3) is 3.88. The summed E-state index contributed by atoms with van der Waals surface area (Å²) in [7, 11) is 0. The van der Waals surface area contributed by atoms with E-state index in [1.54, 1.807) is 0 Å². The fourth-order valence-corrected chi connectivity index (χ4v) is 1.66. The fourth-order valence-electron chi connectivity index (χ4n) is 1.66. The number of benzene rings is 2. The van der Waals surface area contributed by atoms with Crippen molar-refractivity contribution in [3.05, 3.63) is 70.8 Å². The maximum absolute atomic E-state index is 12.4. The Hall–Kier alpha value is -2.23. The maximum Gasteiger partial charge on any atom is 0.263 e. The molecule has 0 saturated heterocycles. The van der Waals surface area contributed by atoms with E-state index in [2.05, 4.69) is 11.4 Å². The molecule has 0 N–H and O–H groups in total. The highest BCUT2D eigenvalue weighted by molar-refractivity contribution is 5.79. The van der Waals surface area contributed by atoms with Crippen LogP contribution in [-0.2, 0) is 11.4 Å². The summed E-state index contributed by atoms with van der Waals surface area (Å²) in [6.07, 6.45) is 0.198. The molecule has 1 radical (unpaired) electrons. The minimum absolute atomic E-state index is 0.0172. The van der Waals surface area contributed by atoms with E-state index in [0.717, 1.165) is 11.1 Å². The zero-order valence-electron chi connectivity index (χ0n) is 11.0. The summed E-state index contributed by atoms with van der Waals surface area (Å²) >= 11 is 0. The summed E-state index contributed by atoms with van der Waals surface area (Å²) in [4.78, 5) is 5.15. The lowest BCUT2D eigenvalue weighted by molar-refractivity contribution is 0.131. The van der Waals surface area contributed by atoms with Gasteiger partial charge in [0.2, 0.25) is 0 Å². The Bertz CT molecular complexity index is 579. The molecule has 0 amide bonds. The highest BCUT2D eigenvalue weighted by atomic mass is 19.3. The highest BCUT2D eigenvalue weighted by Gasteiger charge is 2.05. The normalized spacial score (nSPS) is 11.2. The monoisotopic (exact) mass is 274 g/mol. The van der Waals surface area contributed by atoms with Crippen molar-refractivity contribution >= 4 is 6.21 Å². The second-order valence-corrected chi connectivity index (χ2v) is 4.33. The van der Waals surface area contributed by atoms with Crippen molar-refractivity contribution in [1.29, 1.82) is 0 Å². The number of nitrogens with zero attached hydrogens (tertiary/aromatic N) is 1. The molecule has 0 fully saturated rings. The predicted molar refractivity (Wildman–Crippen MR) is 73.9 cm³/mol. The van der Waals surface area contributed by atoms with E-state index < -0.39 is 6.43 Å². The third-order valence-corrected chi connectivity index (χ3v) is 2.88. The van der Waals surface area contributed by atoms with E-state index in [-0.39, 0.29) is 5.56 Å². The Morgan fingerprint density at radius 3 is 2.45 bits per heavy atom. The molecule has 2 nitrogen and oxygen atoms in total. The van der Waals surface area contributed by atoms with Gasteiger partial charge in [-0.1, -0.05) is 53.7 Å². The van der Waals surface area contributed by atoms with Crippen molar-refractivity contribution in [3.8, 4) is 0 Å². The van der Waals surface area contributed by atoms with Crippen molar-refractivity contribution in [2.45, 2.75) is 20.0 Å². The summed E-state index contributed by atoms with van der Waals surface area (Å²) in [5.41, 5.74) is 2.76. The lowest BCUT2D eigenvalue weighted by atomic mass is 10.1. The average molecular weight is 274 g/mol. The van der Waals surface area contributed by atoms with Gasteiger partial charge in [0.25, 0.3) is 6.43 Å². The van der Waals surface area contributed by atoms with Crippen molar-refractivity contribution < 1.29 is 13.6 Å². The number of alkyl halides is 2. The Morgan fingerprint density at radius 2 is 1.80 bits per heavy atom. The average Bonchev–Trinajstić information content (AvgIpc) is 2.46. The zero-order valence-corrected chi connectivity index (χ0v) is 11.0. The molecule has 0 aliphatic heterocycles. The summed E-state index contributed by atoms with van der Waals surface area (Å²) < 4.78 is 24.7. The summed E-state index contributed by atoms with van der Waals surface area (Å²) in [5.74, 6) is 0. The molecular formula is C16H14F2NO. The Balaban J connectivity index is 1.89. The standard InChI is InChI=1S/C16H14F2NO/c1-12-4-2-3-5-15(12)11-20-19-10-13-6-8-14(9-7-13)16(17)18/h2-9,16H,11H2,1H3. The second kappa shape index (κ2) is 6.80. The quantitative estimate of drug-likeness (QED) is 0.586. The third-order valence-electron chi connectivity index (χ3n) is 2.88. The van der Waals surface area contributed by atoms with E-state index >= 15 is 0 Å². The van der Waals surface area contributed by atoms with E-state index in [1.807, 2.05) is 31.2 Å². The first-order chi connectivity index (χ1) is 9.66. The van der Waals surface area contributed by atoms with Gasteiger partial charge in [0.05, 0.1) is 0 Å². The van der Waals surface area contributed by atoms with Crippen LogP contribution in [0.2, 0.25) is 0 Å². The van der Waals surface area contributed by atoms with Gasteiger partial charge < -0.3 is 4.84 Å². The molecule has 2 aromatic rings. The fraction of sp³-hybridized carbons (Fsp3) is 0.188. The van der Waals surface area contributed by atoms with Crippen LogP contribution in [0.25, 0.3) is 0 Å². The molecule has 0 bridgehead atoms. The van der Waals surface area contributed by atoms with Crippen LogP contribution in [0.4, 0.5) is 8.78 Å². The van der Waals surface area contributed by atoms with Gasteiger partial charge in [0, 0.05) is 11.1 Å². The van der Waals surface area contributed by atoms with Gasteiger partial charge in [-0.25, -0.2) is 8.78 Å². The lowest BCUT2D eigenvalue weighted by Crippen LogP contribution is -1.91. The molecule has 0 saturated carbocycles. The molecule has 0 atom stereocenters. The summed E-state index contributed by atoms with van der Waals surface area (Å²) in [6, 6.07) is 13.6. The Labute approximate surface area is 116 Å². The number of hydrogen-bond donors (Lipinski definition) is 0. The van der Waals surface area contributed by atoms with Crippen LogP contribution in [0, 0.1) is 6.92 Å². The molecule has 4 heteroatoms. The van der Waals surface area contributed by atoms with Gasteiger partial charge in [-0.15, -0.1) is 0 Å². The smallest absolute Gasteiger partial charge is 0.263 e. The lowest BCUT2D eigenvalue weighted by Gasteiger charge is -2.03. The summed E-state index contributed by atoms with van der Waals surface area (Å²) in [5, 5.41) is 3.72. The van der Waals surface area contributed by atoms with E-state index in [4.69, 9.17) is 4.84 Å². The van der Waals surface area contributed by atoms with Crippen molar-refractivity contribution in [1.82, 2.24) is 0 Å². The minimum atomic E-state index is -2.46. The molecule has 103 valence electrons. The Morgan fingerprint density at radius 1 is 1.10 bits per heavy atom. The first-order valence-electron chi connectivity index (χ1n) is 6.17. The van der Waals surface area contributed by atoms with Crippen LogP contribution < -0.4 is 0 Å². The molecule has 0 aromatic heterocycles. The number of aryl methyl sites for hydroxylation is 1. The van der Waals surface area contributed by atoms with Crippen LogP contribution in [0.1, 0.15) is 28.7 Å². The minimum Gasteiger partial charge on any atom is -0.390 e. The maximum atomic E-state index is 12.4. The SMILES string of the molecule is Cc1ccccc1CO/N=[C]\c1ccc(C(F)F)cc1. The van der Waals surface area contributed by atoms with E-state index in [0.29, 0.717) is 12.2 Å². The molecule has 0 aliphatic rings. The summed E-state index contributed by atoms with van der Waals surface area (Å²) in [6.45, 7) is 2.35. The van der Waals surface area contributed by atoms with Crippen LogP contribution in [0.15, 0.2) is 53.7 Å². The van der Waals surface area contributed by atoms with Gasteiger partial charge >= 0.3 is 0 Å². The first-order valence-corrected chi connectivity index (χ1v) is 6.17. The van der Waals surface area contributed by atoms with Gasteiger partial charge in [-0.05, 0) is 18.1 Å². The topological polar surface area (TPSA) is 21.6 Å². The van der Waals surface area contributed by atoms with Crippen LogP contribution in [0.3, 0.4) is 0 Å². The molecule has 0 aliphatic carbocycles. The largest absolute Gasteiger partial charge is 0.390 e. The number of rotatable bonds is 5. The van der Waals surface area contributed by atoms with E-state index in [1.165, 1.54) is 24.3 Å².